The molecule has 0 radical (unpaired) electrons. The van der Waals surface area contributed by atoms with Crippen molar-refractivity contribution in [2.24, 2.45) is 5.92 Å². The molecule has 0 amide bonds. The Morgan fingerprint density at radius 1 is 0.971 bits per heavy atom. The summed E-state index contributed by atoms with van der Waals surface area (Å²) >= 11 is 0. The van der Waals surface area contributed by atoms with Gasteiger partial charge in [0.25, 0.3) is 0 Å². The number of esters is 1. The van der Waals surface area contributed by atoms with Gasteiger partial charge in [0, 0.05) is 25.6 Å². The van der Waals surface area contributed by atoms with Gasteiger partial charge in [-0.25, -0.2) is 0 Å². The summed E-state index contributed by atoms with van der Waals surface area (Å²) in [5.74, 6) is 0.586. The molecule has 1 aliphatic carbocycles. The Bertz CT molecular complexity index is 807. The zero-order chi connectivity index (χ0) is 24.1. The third-order valence-corrected chi connectivity index (χ3v) is 7.30. The molecular weight excluding hydrogens is 452 g/mol. The number of hydrogen-bond acceptors (Lipinski definition) is 8. The lowest BCUT2D eigenvalue weighted by Gasteiger charge is -2.37. The van der Waals surface area contributed by atoms with E-state index in [4.69, 9.17) is 33.2 Å². The Hall–Kier alpha value is -1.71. The Labute approximate surface area is 207 Å². The van der Waals surface area contributed by atoms with E-state index in [0.29, 0.717) is 26.1 Å². The predicted octanol–water partition coefficient (Wildman–Crippen LogP) is 4.00. The second kappa shape index (κ2) is 11.6. The van der Waals surface area contributed by atoms with Crippen molar-refractivity contribution in [3.63, 3.8) is 0 Å². The van der Waals surface area contributed by atoms with Crippen LogP contribution in [0.5, 0.6) is 5.75 Å². The highest BCUT2D eigenvalue weighted by Crippen LogP contribution is 2.41. The Kier molecular flexibility index (Phi) is 8.25. The second-order valence-electron chi connectivity index (χ2n) is 10.3. The van der Waals surface area contributed by atoms with Gasteiger partial charge in [0.05, 0.1) is 25.2 Å². The third kappa shape index (κ3) is 6.54. The van der Waals surface area contributed by atoms with Gasteiger partial charge in [0.15, 0.2) is 12.6 Å². The molecule has 0 bridgehead atoms. The van der Waals surface area contributed by atoms with Gasteiger partial charge in [-0.15, -0.1) is 0 Å². The Balaban J connectivity index is 1.26. The number of ether oxygens (including phenoxy) is 7. The summed E-state index contributed by atoms with van der Waals surface area (Å²) in [5, 5.41) is 0. The SMILES string of the molecule is CC(COc1ccccc1)(COC1C(OC2CCCCO2)CC2OC(=O)C[C@H]21)OC1CCCCO1. The van der Waals surface area contributed by atoms with Crippen LogP contribution in [0.1, 0.15) is 58.3 Å². The highest BCUT2D eigenvalue weighted by Gasteiger charge is 2.53. The van der Waals surface area contributed by atoms with Gasteiger partial charge in [-0.2, -0.15) is 0 Å². The van der Waals surface area contributed by atoms with Crippen LogP contribution in [0.15, 0.2) is 30.3 Å². The van der Waals surface area contributed by atoms with Crippen LogP contribution in [0.25, 0.3) is 0 Å². The van der Waals surface area contributed by atoms with Crippen molar-refractivity contribution in [3.05, 3.63) is 30.3 Å². The van der Waals surface area contributed by atoms with Crippen molar-refractivity contribution in [2.45, 2.75) is 94.8 Å². The molecule has 35 heavy (non-hydrogen) atoms. The Morgan fingerprint density at radius 3 is 2.43 bits per heavy atom. The van der Waals surface area contributed by atoms with Gasteiger partial charge in [0.1, 0.15) is 24.1 Å². The lowest BCUT2D eigenvalue weighted by molar-refractivity contribution is -0.252. The molecule has 1 aromatic carbocycles. The first-order chi connectivity index (χ1) is 17.1. The van der Waals surface area contributed by atoms with Crippen LogP contribution in [0, 0.1) is 5.92 Å². The van der Waals surface area contributed by atoms with E-state index < -0.39 is 5.60 Å². The molecule has 3 aliphatic heterocycles. The van der Waals surface area contributed by atoms with E-state index in [-0.39, 0.29) is 49.4 Å². The number of carbonyl (C=O) groups excluding carboxylic acids is 1. The van der Waals surface area contributed by atoms with Crippen LogP contribution in [-0.2, 0) is 33.2 Å². The number of benzene rings is 1. The minimum absolute atomic E-state index is 0.0266. The fraction of sp³-hybridized carbons (Fsp3) is 0.741. The molecule has 8 heteroatoms. The standard InChI is InChI=1S/C27H38O8/c1-27(35-25-12-6-8-14-30-25,17-31-19-9-3-2-4-10-19)18-32-26-20-15-23(28)33-21(20)16-22(26)34-24-11-5-7-13-29-24/h2-4,9-10,20-22,24-26H,5-8,11-18H2,1H3/t20-,21?,22?,24?,25?,26?,27?/m1/s1. The van der Waals surface area contributed by atoms with Crippen LogP contribution in [0.4, 0.5) is 0 Å². The van der Waals surface area contributed by atoms with Gasteiger partial charge < -0.3 is 33.2 Å². The molecule has 3 saturated heterocycles. The number of rotatable bonds is 10. The van der Waals surface area contributed by atoms with Crippen LogP contribution in [0.2, 0.25) is 0 Å². The summed E-state index contributed by atoms with van der Waals surface area (Å²) < 4.78 is 42.7. The van der Waals surface area contributed by atoms with Crippen molar-refractivity contribution in [2.75, 3.05) is 26.4 Å². The molecule has 8 nitrogen and oxygen atoms in total. The number of hydrogen-bond donors (Lipinski definition) is 0. The monoisotopic (exact) mass is 490 g/mol. The summed E-state index contributed by atoms with van der Waals surface area (Å²) in [4.78, 5) is 12.0. The molecule has 0 spiro atoms. The first-order valence-corrected chi connectivity index (χ1v) is 13.1. The van der Waals surface area contributed by atoms with Crippen molar-refractivity contribution >= 4 is 5.97 Å². The van der Waals surface area contributed by atoms with E-state index in [2.05, 4.69) is 0 Å². The second-order valence-corrected chi connectivity index (χ2v) is 10.3. The number of fused-ring (bicyclic) bond motifs is 1. The van der Waals surface area contributed by atoms with Crippen molar-refractivity contribution < 1.29 is 38.0 Å². The first-order valence-electron chi connectivity index (χ1n) is 13.1. The summed E-state index contributed by atoms with van der Waals surface area (Å²) in [7, 11) is 0. The van der Waals surface area contributed by atoms with Crippen LogP contribution in [-0.4, -0.2) is 68.9 Å². The molecule has 6 unspecified atom stereocenters. The fourth-order valence-electron chi connectivity index (χ4n) is 5.45. The average Bonchev–Trinajstić information content (AvgIpc) is 3.39. The predicted molar refractivity (Wildman–Crippen MR) is 126 cm³/mol. The lowest BCUT2D eigenvalue weighted by Crippen LogP contribution is -2.47. The molecule has 5 rings (SSSR count). The van der Waals surface area contributed by atoms with Crippen LogP contribution in [0.3, 0.4) is 0 Å². The molecule has 7 atom stereocenters. The third-order valence-electron chi connectivity index (χ3n) is 7.30. The summed E-state index contributed by atoms with van der Waals surface area (Å²) in [6.07, 6.45) is 5.84. The summed E-state index contributed by atoms with van der Waals surface area (Å²) in [6.45, 7) is 4.01. The molecule has 4 fully saturated rings. The van der Waals surface area contributed by atoms with Crippen molar-refractivity contribution in [3.8, 4) is 5.75 Å². The summed E-state index contributed by atoms with van der Waals surface area (Å²) in [5.41, 5.74) is -0.745. The van der Waals surface area contributed by atoms with Crippen molar-refractivity contribution in [1.29, 1.82) is 0 Å². The molecule has 0 N–H and O–H groups in total. The zero-order valence-electron chi connectivity index (χ0n) is 20.6. The molecule has 194 valence electrons. The molecule has 0 aromatic heterocycles. The van der Waals surface area contributed by atoms with Gasteiger partial charge in [-0.05, 0) is 57.6 Å². The maximum Gasteiger partial charge on any atom is 0.306 e. The normalized spacial score (nSPS) is 34.7. The molecule has 1 aromatic rings. The summed E-state index contributed by atoms with van der Waals surface area (Å²) in [6, 6.07) is 9.70. The van der Waals surface area contributed by atoms with E-state index in [1.165, 1.54) is 0 Å². The minimum atomic E-state index is -0.745. The highest BCUT2D eigenvalue weighted by molar-refractivity contribution is 5.72. The van der Waals surface area contributed by atoms with Crippen LogP contribution >= 0.6 is 0 Å². The minimum Gasteiger partial charge on any atom is -0.491 e. The van der Waals surface area contributed by atoms with Gasteiger partial charge in [0.2, 0.25) is 0 Å². The molecule has 4 aliphatic rings. The average molecular weight is 491 g/mol. The number of carbonyl (C=O) groups is 1. The number of para-hydroxylation sites is 1. The largest absolute Gasteiger partial charge is 0.491 e. The van der Waals surface area contributed by atoms with E-state index in [9.17, 15) is 4.79 Å². The van der Waals surface area contributed by atoms with E-state index in [0.717, 1.165) is 50.9 Å². The zero-order valence-corrected chi connectivity index (χ0v) is 20.6. The topological polar surface area (TPSA) is 81.7 Å². The molecule has 1 saturated carbocycles. The van der Waals surface area contributed by atoms with E-state index in [1.807, 2.05) is 37.3 Å². The van der Waals surface area contributed by atoms with E-state index in [1.54, 1.807) is 0 Å². The van der Waals surface area contributed by atoms with Crippen molar-refractivity contribution in [1.82, 2.24) is 0 Å². The maximum atomic E-state index is 12.0. The van der Waals surface area contributed by atoms with Gasteiger partial charge >= 0.3 is 5.97 Å². The lowest BCUT2D eigenvalue weighted by atomic mass is 10.0. The fourth-order valence-corrected chi connectivity index (χ4v) is 5.45. The van der Waals surface area contributed by atoms with Gasteiger partial charge in [-0.3, -0.25) is 4.79 Å². The quantitative estimate of drug-likeness (QED) is 0.455. The van der Waals surface area contributed by atoms with Gasteiger partial charge in [-0.1, -0.05) is 18.2 Å². The molecular formula is C27H38O8. The van der Waals surface area contributed by atoms with E-state index >= 15 is 0 Å². The van der Waals surface area contributed by atoms with Crippen LogP contribution < -0.4 is 4.74 Å². The molecule has 3 heterocycles. The highest BCUT2D eigenvalue weighted by atomic mass is 16.7. The smallest absolute Gasteiger partial charge is 0.306 e. The maximum absolute atomic E-state index is 12.0. The first kappa shape index (κ1) is 25.0. The Morgan fingerprint density at radius 2 is 1.71 bits per heavy atom.